The van der Waals surface area contributed by atoms with Crippen LogP contribution in [0.15, 0.2) is 94.2 Å². The van der Waals surface area contributed by atoms with Gasteiger partial charge in [0.15, 0.2) is 0 Å². The molecule has 0 atom stereocenters. The van der Waals surface area contributed by atoms with Gasteiger partial charge in [0.25, 0.3) is 11.4 Å². The van der Waals surface area contributed by atoms with E-state index in [1.54, 1.807) is 48.5 Å². The molecule has 2 aromatic heterocycles. The van der Waals surface area contributed by atoms with Gasteiger partial charge in [0.1, 0.15) is 21.4 Å². The first-order valence-electron chi connectivity index (χ1n) is 16.9. The summed E-state index contributed by atoms with van der Waals surface area (Å²) in [7, 11) is 0. The zero-order chi connectivity index (χ0) is 37.8. The van der Waals surface area contributed by atoms with E-state index < -0.39 is 10.8 Å². The van der Waals surface area contributed by atoms with Crippen LogP contribution in [0.4, 0.5) is 10.0 Å². The van der Waals surface area contributed by atoms with Crippen LogP contribution < -0.4 is 0 Å². The third kappa shape index (κ3) is 4.30. The molecule has 0 saturated heterocycles. The Morgan fingerprint density at radius 2 is 0.963 bits per heavy atom. The van der Waals surface area contributed by atoms with Crippen molar-refractivity contribution in [1.82, 2.24) is 0 Å². The van der Waals surface area contributed by atoms with Crippen LogP contribution in [0.1, 0.15) is 81.8 Å². The summed E-state index contributed by atoms with van der Waals surface area (Å²) in [5, 5.41) is 20.8. The Balaban J connectivity index is 1.14. The molecule has 3 aromatic carbocycles. The quantitative estimate of drug-likeness (QED) is 0.133. The molecule has 54 heavy (non-hydrogen) atoms. The van der Waals surface area contributed by atoms with Crippen molar-refractivity contribution in [2.24, 2.45) is 9.98 Å². The van der Waals surface area contributed by atoms with Gasteiger partial charge < -0.3 is 0 Å². The number of nitrogens with zero attached hydrogens (tertiary/aromatic N) is 6. The SMILES string of the molecule is [C-]#[N+]C(C#N)=C1C(=Nc2cc3c(s2)-c2cc4c(cc2C3(C)C)-c2sc(N=C3C(=O)c5ccccc5/C3=C(/C#N)[N+]#[C-])cc2C4(C)C)C(=O)c2ccccc21. The Labute approximate surface area is 318 Å². The Morgan fingerprint density at radius 1 is 0.593 bits per heavy atom. The van der Waals surface area contributed by atoms with Crippen molar-refractivity contribution < 1.29 is 9.59 Å². The molecule has 8 nitrogen and oxygen atoms in total. The second kappa shape index (κ2) is 11.3. The molecular weight excluding hydrogens is 709 g/mol. The summed E-state index contributed by atoms with van der Waals surface area (Å²) in [6.07, 6.45) is 0. The summed E-state index contributed by atoms with van der Waals surface area (Å²) in [5.41, 5.74) is 8.38. The largest absolute Gasteiger partial charge is 0.287 e. The van der Waals surface area contributed by atoms with Crippen LogP contribution in [0.3, 0.4) is 0 Å². The zero-order valence-electron chi connectivity index (χ0n) is 29.2. The van der Waals surface area contributed by atoms with Gasteiger partial charge in [-0.2, -0.15) is 0 Å². The number of allylic oxidation sites excluding steroid dienone is 4. The molecule has 0 fully saturated rings. The van der Waals surface area contributed by atoms with Gasteiger partial charge in [-0.3, -0.25) is 9.59 Å². The van der Waals surface area contributed by atoms with Crippen molar-refractivity contribution in [2.45, 2.75) is 38.5 Å². The van der Waals surface area contributed by atoms with Gasteiger partial charge >= 0.3 is 0 Å². The fraction of sp³-hybridized carbons (Fsp3) is 0.136. The summed E-state index contributed by atoms with van der Waals surface area (Å²) in [6, 6.07) is 26.5. The van der Waals surface area contributed by atoms with E-state index in [1.807, 2.05) is 24.3 Å². The van der Waals surface area contributed by atoms with Gasteiger partial charge in [0.05, 0.1) is 25.3 Å². The van der Waals surface area contributed by atoms with Gasteiger partial charge in [-0.05, 0) is 68.8 Å². The summed E-state index contributed by atoms with van der Waals surface area (Å²) in [6.45, 7) is 23.9. The number of hydrogen-bond acceptors (Lipinski definition) is 8. The van der Waals surface area contributed by atoms with E-state index in [-0.39, 0.29) is 45.5 Å². The monoisotopic (exact) mass is 732 g/mol. The number of rotatable bonds is 2. The molecule has 0 unspecified atom stereocenters. The van der Waals surface area contributed by atoms with Crippen LogP contribution in [-0.2, 0) is 10.8 Å². The van der Waals surface area contributed by atoms with E-state index in [9.17, 15) is 20.1 Å². The summed E-state index contributed by atoms with van der Waals surface area (Å²) < 4.78 is 0. The minimum Gasteiger partial charge on any atom is -0.287 e. The molecule has 5 aromatic rings. The maximum atomic E-state index is 13.6. The molecule has 10 heteroatoms. The molecule has 0 aliphatic heterocycles. The van der Waals surface area contributed by atoms with E-state index >= 15 is 0 Å². The van der Waals surface area contributed by atoms with Crippen molar-refractivity contribution in [3.8, 4) is 33.0 Å². The van der Waals surface area contributed by atoms with E-state index in [1.165, 1.54) is 33.8 Å². The number of Topliss-reactive ketones (excluding diaryl/α,β-unsaturated/α-hetero) is 2. The highest BCUT2D eigenvalue weighted by molar-refractivity contribution is 7.20. The van der Waals surface area contributed by atoms with Crippen molar-refractivity contribution in [1.29, 1.82) is 10.5 Å². The zero-order valence-corrected chi connectivity index (χ0v) is 30.9. The lowest BCUT2D eigenvalue weighted by Crippen LogP contribution is -2.16. The van der Waals surface area contributed by atoms with Crippen LogP contribution in [0, 0.1) is 35.8 Å². The molecular formula is C44H24N6O2S2. The number of nitriles is 2. The molecule has 9 rings (SSSR count). The maximum Gasteiger partial charge on any atom is 0.271 e. The fourth-order valence-corrected chi connectivity index (χ4v) is 10.7. The Kier molecular flexibility index (Phi) is 6.94. The normalized spacial score (nSPS) is 19.6. The van der Waals surface area contributed by atoms with Gasteiger partial charge in [-0.25, -0.2) is 30.2 Å². The highest BCUT2D eigenvalue weighted by atomic mass is 32.1. The molecule has 4 aliphatic rings. The maximum absolute atomic E-state index is 13.6. The first-order chi connectivity index (χ1) is 25.9. The third-order valence-electron chi connectivity index (χ3n) is 10.9. The highest BCUT2D eigenvalue weighted by Gasteiger charge is 2.44. The molecule has 254 valence electrons. The number of ketones is 2. The molecule has 0 radical (unpaired) electrons. The lowest BCUT2D eigenvalue weighted by atomic mass is 9.79. The molecule has 0 saturated carbocycles. The van der Waals surface area contributed by atoms with Crippen molar-refractivity contribution in [2.75, 3.05) is 0 Å². The molecule has 0 bridgehead atoms. The van der Waals surface area contributed by atoms with Crippen LogP contribution >= 0.6 is 22.7 Å². The van der Waals surface area contributed by atoms with Crippen molar-refractivity contribution in [3.63, 3.8) is 0 Å². The first kappa shape index (κ1) is 33.0. The average Bonchev–Trinajstić information content (AvgIpc) is 3.98. The fourth-order valence-electron chi connectivity index (χ4n) is 8.22. The van der Waals surface area contributed by atoms with Crippen LogP contribution in [-0.4, -0.2) is 23.0 Å². The summed E-state index contributed by atoms with van der Waals surface area (Å²) >= 11 is 3.00. The number of benzene rings is 3. The van der Waals surface area contributed by atoms with E-state index in [0.717, 1.165) is 32.0 Å². The van der Waals surface area contributed by atoms with Crippen molar-refractivity contribution in [3.05, 3.63) is 152 Å². The summed E-state index contributed by atoms with van der Waals surface area (Å²) in [5.74, 6) is -0.599. The molecule has 0 spiro atoms. The highest BCUT2D eigenvalue weighted by Crippen LogP contribution is 2.60. The number of carbonyl (C=O) groups is 2. The minimum absolute atomic E-state index is 0.115. The second-order valence-corrected chi connectivity index (χ2v) is 16.5. The number of thiophene rings is 2. The Bertz CT molecular complexity index is 2740. The van der Waals surface area contributed by atoms with Gasteiger partial charge in [-0.1, -0.05) is 76.2 Å². The van der Waals surface area contributed by atoms with Crippen LogP contribution in [0.2, 0.25) is 0 Å². The molecule has 0 amide bonds. The lowest BCUT2D eigenvalue weighted by Gasteiger charge is -2.24. The summed E-state index contributed by atoms with van der Waals surface area (Å²) in [4.78, 5) is 45.8. The number of carbonyl (C=O) groups excluding carboxylic acids is 2. The second-order valence-electron chi connectivity index (χ2n) is 14.4. The lowest BCUT2D eigenvalue weighted by molar-refractivity contribution is 0.106. The minimum atomic E-state index is -0.396. The van der Waals surface area contributed by atoms with E-state index in [0.29, 0.717) is 32.3 Å². The Morgan fingerprint density at radius 3 is 1.31 bits per heavy atom. The van der Waals surface area contributed by atoms with E-state index in [2.05, 4.69) is 49.5 Å². The Hall–Kier alpha value is -6.82. The molecule has 4 aliphatic carbocycles. The van der Waals surface area contributed by atoms with Gasteiger partial charge in [0, 0.05) is 42.9 Å². The van der Waals surface area contributed by atoms with Gasteiger partial charge in [-0.15, -0.1) is 22.7 Å². The third-order valence-corrected chi connectivity index (χ3v) is 13.0. The number of fused-ring (bicyclic) bond motifs is 8. The van der Waals surface area contributed by atoms with Crippen molar-refractivity contribution >= 4 is 66.8 Å². The van der Waals surface area contributed by atoms with E-state index in [4.69, 9.17) is 23.1 Å². The van der Waals surface area contributed by atoms with Crippen LogP contribution in [0.5, 0.6) is 0 Å². The van der Waals surface area contributed by atoms with Gasteiger partial charge in [0.2, 0.25) is 11.6 Å². The number of aliphatic imine (C=N–C) groups is 2. The predicted molar refractivity (Wildman–Crippen MR) is 211 cm³/mol. The number of hydrogen-bond donors (Lipinski definition) is 0. The standard InChI is InChI=1S/C44H24N6O2S2/c1-43(2)27-15-26-28(16-25(27)41-29(43)17-33(53-41)49-37-35(31(19-45)47-5)21-11-7-9-13-23(21)39(37)51)44(3,4)30-18-34(54-42(26)30)50-38-36(32(20-46)48-6)22-12-8-10-14-24(22)40(38)52/h7-18H,1-4H3/b35-31+,36-32?,49-37?,50-38?. The predicted octanol–water partition coefficient (Wildman–Crippen LogP) is 10.7. The average molecular weight is 733 g/mol. The molecule has 2 heterocycles. The molecule has 0 N–H and O–H groups in total. The topological polar surface area (TPSA) is 115 Å². The first-order valence-corrected chi connectivity index (χ1v) is 18.6. The van der Waals surface area contributed by atoms with Crippen LogP contribution in [0.25, 0.3) is 41.7 Å². The smallest absolute Gasteiger partial charge is 0.271 e.